The molecule has 0 N–H and O–H groups in total. The fourth-order valence-corrected chi connectivity index (χ4v) is 3.35. The Morgan fingerprint density at radius 2 is 1.71 bits per heavy atom. The summed E-state index contributed by atoms with van der Waals surface area (Å²) in [7, 11) is 1.69. The Morgan fingerprint density at radius 3 is 2.38 bits per heavy atom. The molecule has 1 aromatic heterocycles. The minimum Gasteiger partial charge on any atom is -0.497 e. The van der Waals surface area contributed by atoms with E-state index in [4.69, 9.17) is 9.15 Å². The van der Waals surface area contributed by atoms with Crippen molar-refractivity contribution in [1.82, 2.24) is 0 Å². The quantitative estimate of drug-likeness (QED) is 0.581. The Kier molecular flexibility index (Phi) is 3.77. The van der Waals surface area contributed by atoms with Gasteiger partial charge in [-0.05, 0) is 54.4 Å². The number of alkyl halides is 1. The van der Waals surface area contributed by atoms with Crippen LogP contribution in [-0.4, -0.2) is 7.11 Å². The molecule has 108 valence electrons. The number of hydrogen-bond donors (Lipinski definition) is 0. The summed E-state index contributed by atoms with van der Waals surface area (Å²) >= 11 is 3.79. The molecule has 1 heterocycles. The number of benzene rings is 2. The number of rotatable bonds is 3. The second-order valence-corrected chi connectivity index (χ2v) is 6.12. The molecule has 0 fully saturated rings. The predicted molar refractivity (Wildman–Crippen MR) is 89.5 cm³/mol. The first-order valence-electron chi connectivity index (χ1n) is 6.87. The number of aryl methyl sites for hydroxylation is 2. The van der Waals surface area contributed by atoms with Crippen molar-refractivity contribution in [3.63, 3.8) is 0 Å². The molecule has 0 spiro atoms. The molecule has 0 saturated heterocycles. The third-order valence-electron chi connectivity index (χ3n) is 3.72. The van der Waals surface area contributed by atoms with Crippen molar-refractivity contribution >= 4 is 26.7 Å². The monoisotopic (exact) mass is 344 g/mol. The SMILES string of the molecule is COc1ccc2cc(C(Br)c3cc(C)oc3C)ccc2c1. The summed E-state index contributed by atoms with van der Waals surface area (Å²) in [6, 6.07) is 14.7. The van der Waals surface area contributed by atoms with Crippen molar-refractivity contribution in [2.75, 3.05) is 7.11 Å². The van der Waals surface area contributed by atoms with E-state index in [1.165, 1.54) is 21.9 Å². The largest absolute Gasteiger partial charge is 0.497 e. The number of halogens is 1. The summed E-state index contributed by atoms with van der Waals surface area (Å²) < 4.78 is 10.9. The van der Waals surface area contributed by atoms with Crippen molar-refractivity contribution < 1.29 is 9.15 Å². The minimum absolute atomic E-state index is 0.140. The molecule has 1 unspecified atom stereocenters. The average Bonchev–Trinajstić information content (AvgIpc) is 2.84. The van der Waals surface area contributed by atoms with Crippen LogP contribution in [0.25, 0.3) is 10.8 Å². The standard InChI is InChI=1S/C18H17BrO2/c1-11-8-17(12(2)21-11)18(19)15-5-4-14-10-16(20-3)7-6-13(14)9-15/h4-10,18H,1-3H3. The lowest BCUT2D eigenvalue weighted by Gasteiger charge is -2.11. The summed E-state index contributed by atoms with van der Waals surface area (Å²) in [6.07, 6.45) is 0. The maximum absolute atomic E-state index is 5.63. The highest BCUT2D eigenvalue weighted by Gasteiger charge is 2.16. The highest BCUT2D eigenvalue weighted by Crippen LogP contribution is 2.36. The maximum atomic E-state index is 5.63. The van der Waals surface area contributed by atoms with E-state index < -0.39 is 0 Å². The van der Waals surface area contributed by atoms with Crippen LogP contribution in [-0.2, 0) is 0 Å². The van der Waals surface area contributed by atoms with Crippen LogP contribution in [0.3, 0.4) is 0 Å². The number of ether oxygens (including phenoxy) is 1. The third-order valence-corrected chi connectivity index (χ3v) is 4.74. The molecule has 2 nitrogen and oxygen atoms in total. The van der Waals surface area contributed by atoms with Crippen molar-refractivity contribution in [3.05, 3.63) is 65.1 Å². The fourth-order valence-electron chi connectivity index (χ4n) is 2.61. The highest BCUT2D eigenvalue weighted by molar-refractivity contribution is 9.09. The molecule has 0 aliphatic heterocycles. The molecule has 0 aliphatic carbocycles. The molecule has 0 bridgehead atoms. The van der Waals surface area contributed by atoms with Crippen LogP contribution in [0.1, 0.15) is 27.5 Å². The van der Waals surface area contributed by atoms with Gasteiger partial charge >= 0.3 is 0 Å². The fraction of sp³-hybridized carbons (Fsp3) is 0.222. The van der Waals surface area contributed by atoms with Crippen molar-refractivity contribution in [3.8, 4) is 5.75 Å². The molecule has 3 rings (SSSR count). The summed E-state index contributed by atoms with van der Waals surface area (Å²) in [5.41, 5.74) is 2.40. The first kappa shape index (κ1) is 14.2. The van der Waals surface area contributed by atoms with Crippen LogP contribution >= 0.6 is 15.9 Å². The Balaban J connectivity index is 2.02. The van der Waals surface area contributed by atoms with Crippen LogP contribution in [0, 0.1) is 13.8 Å². The smallest absolute Gasteiger partial charge is 0.119 e. The molecule has 0 saturated carbocycles. The Hall–Kier alpha value is -1.74. The molecule has 0 radical (unpaired) electrons. The molecule has 2 aromatic carbocycles. The van der Waals surface area contributed by atoms with Gasteiger partial charge < -0.3 is 9.15 Å². The van der Waals surface area contributed by atoms with Crippen LogP contribution in [0.15, 0.2) is 46.9 Å². The van der Waals surface area contributed by atoms with Crippen molar-refractivity contribution in [2.45, 2.75) is 18.7 Å². The Bertz CT molecular complexity index is 789. The summed E-state index contributed by atoms with van der Waals surface area (Å²) in [4.78, 5) is 0.140. The van der Waals surface area contributed by atoms with Gasteiger partial charge in [0.15, 0.2) is 0 Å². The van der Waals surface area contributed by atoms with Crippen molar-refractivity contribution in [2.24, 2.45) is 0 Å². The van der Waals surface area contributed by atoms with E-state index in [0.717, 1.165) is 17.3 Å². The Labute approximate surface area is 132 Å². The normalized spacial score (nSPS) is 12.6. The molecule has 3 aromatic rings. The van der Waals surface area contributed by atoms with Gasteiger partial charge in [0.2, 0.25) is 0 Å². The first-order valence-corrected chi connectivity index (χ1v) is 7.79. The second kappa shape index (κ2) is 5.57. The summed E-state index contributed by atoms with van der Waals surface area (Å²) in [6.45, 7) is 3.98. The number of furan rings is 1. The Morgan fingerprint density at radius 1 is 1.00 bits per heavy atom. The van der Waals surface area contributed by atoms with Gasteiger partial charge in [-0.25, -0.2) is 0 Å². The van der Waals surface area contributed by atoms with Gasteiger partial charge in [-0.15, -0.1) is 0 Å². The predicted octanol–water partition coefficient (Wildman–Crippen LogP) is 5.54. The lowest BCUT2D eigenvalue weighted by atomic mass is 10.0. The zero-order chi connectivity index (χ0) is 15.0. The van der Waals surface area contributed by atoms with E-state index in [0.29, 0.717) is 0 Å². The van der Waals surface area contributed by atoms with Gasteiger partial charge in [0, 0.05) is 5.56 Å². The zero-order valence-electron chi connectivity index (χ0n) is 12.3. The maximum Gasteiger partial charge on any atom is 0.119 e. The zero-order valence-corrected chi connectivity index (χ0v) is 13.9. The minimum atomic E-state index is 0.140. The van der Waals surface area contributed by atoms with Gasteiger partial charge in [0.25, 0.3) is 0 Å². The van der Waals surface area contributed by atoms with Gasteiger partial charge in [-0.1, -0.05) is 34.1 Å². The molecule has 0 amide bonds. The van der Waals surface area contributed by atoms with E-state index >= 15 is 0 Å². The van der Waals surface area contributed by atoms with Gasteiger partial charge in [-0.3, -0.25) is 0 Å². The van der Waals surface area contributed by atoms with Crippen LogP contribution in [0.5, 0.6) is 5.75 Å². The first-order chi connectivity index (χ1) is 10.1. The molecular weight excluding hydrogens is 328 g/mol. The van der Waals surface area contributed by atoms with Crippen LogP contribution < -0.4 is 4.74 Å². The third kappa shape index (κ3) is 2.70. The van der Waals surface area contributed by atoms with E-state index in [-0.39, 0.29) is 4.83 Å². The number of fused-ring (bicyclic) bond motifs is 1. The highest BCUT2D eigenvalue weighted by atomic mass is 79.9. The molecule has 21 heavy (non-hydrogen) atoms. The van der Waals surface area contributed by atoms with E-state index in [1.807, 2.05) is 19.9 Å². The second-order valence-electron chi connectivity index (χ2n) is 5.20. The lowest BCUT2D eigenvalue weighted by molar-refractivity contribution is 0.415. The average molecular weight is 345 g/mol. The molecule has 0 aliphatic rings. The van der Waals surface area contributed by atoms with Crippen molar-refractivity contribution in [1.29, 1.82) is 0 Å². The summed E-state index contributed by atoms with van der Waals surface area (Å²) in [5.74, 6) is 2.79. The van der Waals surface area contributed by atoms with Gasteiger partial charge in [0.1, 0.15) is 17.3 Å². The molecule has 3 heteroatoms. The van der Waals surface area contributed by atoms with E-state index in [1.54, 1.807) is 7.11 Å². The topological polar surface area (TPSA) is 22.4 Å². The van der Waals surface area contributed by atoms with Crippen LogP contribution in [0.4, 0.5) is 0 Å². The van der Waals surface area contributed by atoms with Crippen LogP contribution in [0.2, 0.25) is 0 Å². The van der Waals surface area contributed by atoms with E-state index in [9.17, 15) is 0 Å². The lowest BCUT2D eigenvalue weighted by Crippen LogP contribution is -1.93. The van der Waals surface area contributed by atoms with E-state index in [2.05, 4.69) is 52.3 Å². The summed E-state index contributed by atoms with van der Waals surface area (Å²) in [5, 5.41) is 2.38. The van der Waals surface area contributed by atoms with Gasteiger partial charge in [0.05, 0.1) is 11.9 Å². The molecular formula is C18H17BrO2. The number of methoxy groups -OCH3 is 1. The molecule has 1 atom stereocenters. The number of hydrogen-bond acceptors (Lipinski definition) is 2. The van der Waals surface area contributed by atoms with Gasteiger partial charge in [-0.2, -0.15) is 0 Å².